The molecule has 0 aromatic heterocycles. The predicted molar refractivity (Wildman–Crippen MR) is 76.7 cm³/mol. The SMILES string of the molecule is COc1ccccc1S(=O)(=O)N1CCCC(C)(C(=O)O)C1. The third-order valence-corrected chi connectivity index (χ3v) is 5.75. The van der Waals surface area contributed by atoms with E-state index >= 15 is 0 Å². The van der Waals surface area contributed by atoms with Gasteiger partial charge in [0.05, 0.1) is 12.5 Å². The number of methoxy groups -OCH3 is 1. The van der Waals surface area contributed by atoms with Gasteiger partial charge in [-0.15, -0.1) is 0 Å². The van der Waals surface area contributed by atoms with Gasteiger partial charge in [-0.2, -0.15) is 4.31 Å². The lowest BCUT2D eigenvalue weighted by Crippen LogP contribution is -2.48. The molecule has 1 aromatic rings. The summed E-state index contributed by atoms with van der Waals surface area (Å²) >= 11 is 0. The van der Waals surface area contributed by atoms with Crippen molar-refractivity contribution in [2.24, 2.45) is 5.41 Å². The van der Waals surface area contributed by atoms with Gasteiger partial charge in [0.15, 0.2) is 0 Å². The molecule has 116 valence electrons. The number of aliphatic carboxylic acids is 1. The molecule has 1 unspecified atom stereocenters. The molecule has 6 nitrogen and oxygen atoms in total. The van der Waals surface area contributed by atoms with Gasteiger partial charge in [-0.3, -0.25) is 4.79 Å². The molecule has 1 aromatic carbocycles. The molecular formula is C14H19NO5S. The molecule has 1 aliphatic heterocycles. The van der Waals surface area contributed by atoms with Crippen molar-refractivity contribution in [3.63, 3.8) is 0 Å². The van der Waals surface area contributed by atoms with E-state index in [4.69, 9.17) is 4.74 Å². The summed E-state index contributed by atoms with van der Waals surface area (Å²) in [6, 6.07) is 6.36. The van der Waals surface area contributed by atoms with Crippen LogP contribution in [0.2, 0.25) is 0 Å². The minimum absolute atomic E-state index is 0.0251. The van der Waals surface area contributed by atoms with Crippen LogP contribution >= 0.6 is 0 Å². The second kappa shape index (κ2) is 5.65. The first-order valence-corrected chi connectivity index (χ1v) is 8.12. The number of nitrogens with zero attached hydrogens (tertiary/aromatic N) is 1. The zero-order valence-corrected chi connectivity index (χ0v) is 12.9. The molecule has 7 heteroatoms. The summed E-state index contributed by atoms with van der Waals surface area (Å²) in [5.41, 5.74) is -1.05. The Morgan fingerprint density at radius 2 is 2.05 bits per heavy atom. The van der Waals surface area contributed by atoms with Gasteiger partial charge in [-0.25, -0.2) is 8.42 Å². The molecule has 1 fully saturated rings. The zero-order valence-electron chi connectivity index (χ0n) is 12.1. The Morgan fingerprint density at radius 3 is 2.67 bits per heavy atom. The van der Waals surface area contributed by atoms with E-state index in [1.807, 2.05) is 0 Å². The van der Waals surface area contributed by atoms with E-state index in [1.165, 1.54) is 17.5 Å². The molecule has 0 bridgehead atoms. The van der Waals surface area contributed by atoms with Gasteiger partial charge in [0, 0.05) is 13.1 Å². The highest BCUT2D eigenvalue weighted by atomic mass is 32.2. The highest BCUT2D eigenvalue weighted by Gasteiger charge is 2.42. The molecule has 0 radical (unpaired) electrons. The Hall–Kier alpha value is -1.60. The maximum absolute atomic E-state index is 12.7. The van der Waals surface area contributed by atoms with Gasteiger partial charge < -0.3 is 9.84 Å². The first kappa shape index (κ1) is 15.8. The third kappa shape index (κ3) is 2.89. The van der Waals surface area contributed by atoms with Crippen molar-refractivity contribution in [2.75, 3.05) is 20.2 Å². The van der Waals surface area contributed by atoms with Crippen LogP contribution in [0.4, 0.5) is 0 Å². The minimum Gasteiger partial charge on any atom is -0.495 e. The molecular weight excluding hydrogens is 294 g/mol. The van der Waals surface area contributed by atoms with Crippen LogP contribution in [0, 0.1) is 5.41 Å². The van der Waals surface area contributed by atoms with Crippen LogP contribution < -0.4 is 4.74 Å². The summed E-state index contributed by atoms with van der Waals surface area (Å²) in [6.07, 6.45) is 0.997. The molecule has 0 aliphatic carbocycles. The summed E-state index contributed by atoms with van der Waals surface area (Å²) in [7, 11) is -2.36. The number of ether oxygens (including phenoxy) is 1. The molecule has 2 rings (SSSR count). The first-order chi connectivity index (χ1) is 9.81. The van der Waals surface area contributed by atoms with E-state index in [1.54, 1.807) is 25.1 Å². The summed E-state index contributed by atoms with van der Waals surface area (Å²) in [5.74, 6) is -0.706. The molecule has 0 spiro atoms. The van der Waals surface area contributed by atoms with Crippen LogP contribution in [-0.4, -0.2) is 44.0 Å². The second-order valence-corrected chi connectivity index (χ2v) is 7.37. The number of carboxylic acids is 1. The number of para-hydroxylation sites is 1. The van der Waals surface area contributed by atoms with Gasteiger partial charge in [-0.05, 0) is 31.9 Å². The lowest BCUT2D eigenvalue weighted by atomic mass is 9.83. The van der Waals surface area contributed by atoms with E-state index in [-0.39, 0.29) is 17.2 Å². The number of carbonyl (C=O) groups is 1. The van der Waals surface area contributed by atoms with E-state index in [0.29, 0.717) is 19.4 Å². The Balaban J connectivity index is 2.38. The number of piperidine rings is 1. The molecule has 1 aliphatic rings. The fraction of sp³-hybridized carbons (Fsp3) is 0.500. The maximum Gasteiger partial charge on any atom is 0.310 e. The number of rotatable bonds is 4. The Bertz CT molecular complexity index is 643. The second-order valence-electron chi connectivity index (χ2n) is 5.46. The molecule has 1 N–H and O–H groups in total. The van der Waals surface area contributed by atoms with Gasteiger partial charge in [0.1, 0.15) is 10.6 Å². The number of sulfonamides is 1. The lowest BCUT2D eigenvalue weighted by molar-refractivity contribution is -0.150. The molecule has 21 heavy (non-hydrogen) atoms. The van der Waals surface area contributed by atoms with Crippen molar-refractivity contribution >= 4 is 16.0 Å². The Morgan fingerprint density at radius 1 is 1.38 bits per heavy atom. The number of carboxylic acid groups (broad SMARTS) is 1. The van der Waals surface area contributed by atoms with Crippen molar-refractivity contribution in [2.45, 2.75) is 24.7 Å². The van der Waals surface area contributed by atoms with Crippen LogP contribution in [-0.2, 0) is 14.8 Å². The summed E-state index contributed by atoms with van der Waals surface area (Å²) in [4.78, 5) is 11.4. The third-order valence-electron chi connectivity index (χ3n) is 3.86. The van der Waals surface area contributed by atoms with Crippen molar-refractivity contribution in [3.05, 3.63) is 24.3 Å². The summed E-state index contributed by atoms with van der Waals surface area (Å²) in [5, 5.41) is 9.31. The van der Waals surface area contributed by atoms with Crippen LogP contribution in [0.1, 0.15) is 19.8 Å². The Kier molecular flexibility index (Phi) is 4.25. The van der Waals surface area contributed by atoms with E-state index in [2.05, 4.69) is 0 Å². The quantitative estimate of drug-likeness (QED) is 0.912. The molecule has 1 saturated heterocycles. The van der Waals surface area contributed by atoms with E-state index in [0.717, 1.165) is 0 Å². The van der Waals surface area contributed by atoms with Gasteiger partial charge in [0.2, 0.25) is 10.0 Å². The maximum atomic E-state index is 12.7. The van der Waals surface area contributed by atoms with Crippen molar-refractivity contribution < 1.29 is 23.1 Å². The topological polar surface area (TPSA) is 83.9 Å². The molecule has 0 saturated carbocycles. The highest BCUT2D eigenvalue weighted by molar-refractivity contribution is 7.89. The van der Waals surface area contributed by atoms with Crippen molar-refractivity contribution in [1.29, 1.82) is 0 Å². The molecule has 1 atom stereocenters. The monoisotopic (exact) mass is 313 g/mol. The van der Waals surface area contributed by atoms with Crippen LogP contribution in [0.15, 0.2) is 29.2 Å². The standard InChI is InChI=1S/C14H19NO5S/c1-14(13(16)17)8-5-9-15(10-14)21(18,19)12-7-4-3-6-11(12)20-2/h3-4,6-7H,5,8-10H2,1-2H3,(H,16,17). The number of hydrogen-bond donors (Lipinski definition) is 1. The summed E-state index contributed by atoms with van der Waals surface area (Å²) < 4.78 is 31.8. The minimum atomic E-state index is -3.76. The van der Waals surface area contributed by atoms with Gasteiger partial charge >= 0.3 is 5.97 Å². The van der Waals surface area contributed by atoms with Crippen LogP contribution in [0.3, 0.4) is 0 Å². The van der Waals surface area contributed by atoms with Crippen LogP contribution in [0.25, 0.3) is 0 Å². The average Bonchev–Trinajstić information content (AvgIpc) is 2.47. The smallest absolute Gasteiger partial charge is 0.310 e. The summed E-state index contributed by atoms with van der Waals surface area (Å²) in [6.45, 7) is 1.88. The largest absolute Gasteiger partial charge is 0.495 e. The number of hydrogen-bond acceptors (Lipinski definition) is 4. The van der Waals surface area contributed by atoms with Crippen molar-refractivity contribution in [1.82, 2.24) is 4.31 Å². The molecule has 0 amide bonds. The molecule has 1 heterocycles. The average molecular weight is 313 g/mol. The van der Waals surface area contributed by atoms with Crippen molar-refractivity contribution in [3.8, 4) is 5.75 Å². The fourth-order valence-corrected chi connectivity index (χ4v) is 4.30. The van der Waals surface area contributed by atoms with Crippen LogP contribution in [0.5, 0.6) is 5.75 Å². The Labute approximate surface area is 124 Å². The van der Waals surface area contributed by atoms with E-state index in [9.17, 15) is 18.3 Å². The first-order valence-electron chi connectivity index (χ1n) is 6.68. The number of benzene rings is 1. The normalized spacial score (nSPS) is 23.7. The predicted octanol–water partition coefficient (Wildman–Crippen LogP) is 1.57. The zero-order chi connectivity index (χ0) is 15.7. The lowest BCUT2D eigenvalue weighted by Gasteiger charge is -2.36. The van der Waals surface area contributed by atoms with E-state index < -0.39 is 21.4 Å². The van der Waals surface area contributed by atoms with Gasteiger partial charge in [0.25, 0.3) is 0 Å². The fourth-order valence-electron chi connectivity index (χ4n) is 2.54. The highest BCUT2D eigenvalue weighted by Crippen LogP contribution is 2.34. The van der Waals surface area contributed by atoms with Gasteiger partial charge in [-0.1, -0.05) is 12.1 Å².